The van der Waals surface area contributed by atoms with Gasteiger partial charge in [0.15, 0.2) is 0 Å². The Kier molecular flexibility index (Phi) is 3.86. The Morgan fingerprint density at radius 1 is 1.22 bits per heavy atom. The molecule has 18 heavy (non-hydrogen) atoms. The largest absolute Gasteiger partial charge is 0.388 e. The predicted molar refractivity (Wildman–Crippen MR) is 74.6 cm³/mol. The lowest BCUT2D eigenvalue weighted by atomic mass is 9.86. The van der Waals surface area contributed by atoms with Gasteiger partial charge in [0.25, 0.3) is 0 Å². The van der Waals surface area contributed by atoms with E-state index in [0.29, 0.717) is 17.5 Å². The average molecular weight is 252 g/mol. The molecule has 0 spiro atoms. The summed E-state index contributed by atoms with van der Waals surface area (Å²) in [6.45, 7) is 11.2. The van der Waals surface area contributed by atoms with Crippen LogP contribution in [0.5, 0.6) is 0 Å². The highest BCUT2D eigenvalue weighted by Crippen LogP contribution is 2.27. The SMILES string of the molecule is CCc1nc(N)c(C)c(NC(C)(C)C(C)(C)O)n1. The molecular weight excluding hydrogens is 228 g/mol. The number of hydrogen-bond acceptors (Lipinski definition) is 5. The van der Waals surface area contributed by atoms with Crippen LogP contribution in [0.15, 0.2) is 0 Å². The molecule has 0 aliphatic rings. The number of anilines is 2. The maximum absolute atomic E-state index is 10.2. The summed E-state index contributed by atoms with van der Waals surface area (Å²) in [6.07, 6.45) is 0.724. The molecular formula is C13H24N4O. The van der Waals surface area contributed by atoms with Crippen LogP contribution in [-0.4, -0.2) is 26.2 Å². The summed E-state index contributed by atoms with van der Waals surface area (Å²) in [7, 11) is 0. The van der Waals surface area contributed by atoms with Gasteiger partial charge in [0.1, 0.15) is 17.5 Å². The first-order chi connectivity index (χ1) is 8.08. The van der Waals surface area contributed by atoms with Gasteiger partial charge in [-0.15, -0.1) is 0 Å². The van der Waals surface area contributed by atoms with E-state index in [2.05, 4.69) is 15.3 Å². The Hall–Kier alpha value is -1.36. The summed E-state index contributed by atoms with van der Waals surface area (Å²) in [4.78, 5) is 8.65. The third-order valence-corrected chi connectivity index (χ3v) is 3.51. The standard InChI is InChI=1S/C13H24N4O/c1-7-9-15-10(14)8(2)11(16-9)17-12(3,4)13(5,6)18/h18H,7H2,1-6H3,(H3,14,15,16,17). The Bertz CT molecular complexity index is 435. The lowest BCUT2D eigenvalue weighted by Crippen LogP contribution is -2.51. The number of rotatable bonds is 4. The molecule has 0 amide bonds. The van der Waals surface area contributed by atoms with Crippen molar-refractivity contribution in [2.45, 2.75) is 59.1 Å². The van der Waals surface area contributed by atoms with Crippen LogP contribution in [0.4, 0.5) is 11.6 Å². The van der Waals surface area contributed by atoms with Crippen molar-refractivity contribution < 1.29 is 5.11 Å². The first-order valence-electron chi connectivity index (χ1n) is 6.22. The summed E-state index contributed by atoms with van der Waals surface area (Å²) in [6, 6.07) is 0. The number of aliphatic hydroxyl groups is 1. The van der Waals surface area contributed by atoms with E-state index < -0.39 is 11.1 Å². The molecule has 1 rings (SSSR count). The highest BCUT2D eigenvalue weighted by atomic mass is 16.3. The quantitative estimate of drug-likeness (QED) is 0.762. The second kappa shape index (κ2) is 4.72. The minimum Gasteiger partial charge on any atom is -0.388 e. The fourth-order valence-electron chi connectivity index (χ4n) is 1.31. The molecule has 4 N–H and O–H groups in total. The van der Waals surface area contributed by atoms with Gasteiger partial charge in [-0.2, -0.15) is 0 Å². The topological polar surface area (TPSA) is 84.1 Å². The highest BCUT2D eigenvalue weighted by molar-refractivity contribution is 5.56. The van der Waals surface area contributed by atoms with Crippen LogP contribution in [0.3, 0.4) is 0 Å². The summed E-state index contributed by atoms with van der Waals surface area (Å²) in [5.41, 5.74) is 5.27. The summed E-state index contributed by atoms with van der Waals surface area (Å²) >= 11 is 0. The van der Waals surface area contributed by atoms with Crippen molar-refractivity contribution in [1.29, 1.82) is 0 Å². The van der Waals surface area contributed by atoms with Crippen LogP contribution < -0.4 is 11.1 Å². The van der Waals surface area contributed by atoms with E-state index in [0.717, 1.165) is 12.0 Å². The maximum atomic E-state index is 10.2. The van der Waals surface area contributed by atoms with E-state index in [1.807, 2.05) is 27.7 Å². The fourth-order valence-corrected chi connectivity index (χ4v) is 1.31. The van der Waals surface area contributed by atoms with Crippen LogP contribution in [0, 0.1) is 6.92 Å². The smallest absolute Gasteiger partial charge is 0.135 e. The molecule has 0 radical (unpaired) electrons. The molecule has 0 aromatic carbocycles. The lowest BCUT2D eigenvalue weighted by Gasteiger charge is -2.38. The van der Waals surface area contributed by atoms with Crippen molar-refractivity contribution in [2.24, 2.45) is 0 Å². The predicted octanol–water partition coefficient (Wildman–Crippen LogP) is 1.89. The van der Waals surface area contributed by atoms with Gasteiger partial charge in [0.05, 0.1) is 11.1 Å². The molecule has 1 aromatic rings. The minimum absolute atomic E-state index is 0.482. The highest BCUT2D eigenvalue weighted by Gasteiger charge is 2.35. The molecule has 0 unspecified atom stereocenters. The van der Waals surface area contributed by atoms with Crippen LogP contribution in [0.1, 0.15) is 46.0 Å². The second-order valence-electron chi connectivity index (χ2n) is 5.66. The van der Waals surface area contributed by atoms with Gasteiger partial charge in [-0.25, -0.2) is 9.97 Å². The number of nitrogens with zero attached hydrogens (tertiary/aromatic N) is 2. The summed E-state index contributed by atoms with van der Waals surface area (Å²) in [5, 5.41) is 13.4. The van der Waals surface area contributed by atoms with Crippen molar-refractivity contribution in [1.82, 2.24) is 9.97 Å². The van der Waals surface area contributed by atoms with Crippen molar-refractivity contribution in [3.8, 4) is 0 Å². The molecule has 102 valence electrons. The molecule has 0 saturated carbocycles. The van der Waals surface area contributed by atoms with Crippen molar-refractivity contribution in [3.63, 3.8) is 0 Å². The van der Waals surface area contributed by atoms with Gasteiger partial charge in [-0.1, -0.05) is 6.92 Å². The van der Waals surface area contributed by atoms with Crippen LogP contribution >= 0.6 is 0 Å². The number of aromatic nitrogens is 2. The molecule has 1 aromatic heterocycles. The molecule has 0 aliphatic carbocycles. The number of aryl methyl sites for hydroxylation is 1. The monoisotopic (exact) mass is 252 g/mol. The third-order valence-electron chi connectivity index (χ3n) is 3.51. The first-order valence-corrected chi connectivity index (χ1v) is 6.22. The van der Waals surface area contributed by atoms with Crippen molar-refractivity contribution >= 4 is 11.6 Å². The van der Waals surface area contributed by atoms with Gasteiger partial charge >= 0.3 is 0 Å². The molecule has 0 fully saturated rings. The lowest BCUT2D eigenvalue weighted by molar-refractivity contribution is 0.0238. The maximum Gasteiger partial charge on any atom is 0.135 e. The number of nitrogen functional groups attached to an aromatic ring is 1. The zero-order valence-electron chi connectivity index (χ0n) is 12.1. The molecule has 0 saturated heterocycles. The fraction of sp³-hybridized carbons (Fsp3) is 0.692. The van der Waals surface area contributed by atoms with E-state index in [1.54, 1.807) is 13.8 Å². The first kappa shape index (κ1) is 14.7. The Labute approximate surface area is 109 Å². The van der Waals surface area contributed by atoms with Gasteiger partial charge in [-0.05, 0) is 34.6 Å². The zero-order valence-corrected chi connectivity index (χ0v) is 12.1. The molecule has 5 nitrogen and oxygen atoms in total. The van der Waals surface area contributed by atoms with Gasteiger partial charge in [0, 0.05) is 12.0 Å². The van der Waals surface area contributed by atoms with E-state index in [9.17, 15) is 5.11 Å². The second-order valence-corrected chi connectivity index (χ2v) is 5.66. The van der Waals surface area contributed by atoms with Crippen LogP contribution in [0.2, 0.25) is 0 Å². The average Bonchev–Trinajstić information content (AvgIpc) is 2.22. The molecule has 5 heteroatoms. The van der Waals surface area contributed by atoms with E-state index in [-0.39, 0.29) is 0 Å². The summed E-state index contributed by atoms with van der Waals surface area (Å²) in [5.74, 6) is 1.87. The molecule has 0 bridgehead atoms. The van der Waals surface area contributed by atoms with E-state index >= 15 is 0 Å². The number of nitrogens with two attached hydrogens (primary N) is 1. The third kappa shape index (κ3) is 2.90. The molecule has 0 atom stereocenters. The van der Waals surface area contributed by atoms with Gasteiger partial charge < -0.3 is 16.2 Å². The Morgan fingerprint density at radius 2 is 1.78 bits per heavy atom. The van der Waals surface area contributed by atoms with Crippen LogP contribution in [-0.2, 0) is 6.42 Å². The number of hydrogen-bond donors (Lipinski definition) is 3. The summed E-state index contributed by atoms with van der Waals surface area (Å²) < 4.78 is 0. The van der Waals surface area contributed by atoms with Crippen LogP contribution in [0.25, 0.3) is 0 Å². The molecule has 1 heterocycles. The van der Waals surface area contributed by atoms with Crippen molar-refractivity contribution in [2.75, 3.05) is 11.1 Å². The Balaban J connectivity index is 3.15. The van der Waals surface area contributed by atoms with E-state index in [4.69, 9.17) is 5.73 Å². The Morgan fingerprint density at radius 3 is 2.22 bits per heavy atom. The van der Waals surface area contributed by atoms with E-state index in [1.165, 1.54) is 0 Å². The number of nitrogens with one attached hydrogen (secondary N) is 1. The molecule has 0 aliphatic heterocycles. The normalized spacial score (nSPS) is 12.6. The van der Waals surface area contributed by atoms with Gasteiger partial charge in [-0.3, -0.25) is 0 Å². The van der Waals surface area contributed by atoms with Gasteiger partial charge in [0.2, 0.25) is 0 Å². The minimum atomic E-state index is -0.883. The van der Waals surface area contributed by atoms with Crippen molar-refractivity contribution in [3.05, 3.63) is 11.4 Å². The zero-order chi connectivity index (χ0) is 14.1.